The summed E-state index contributed by atoms with van der Waals surface area (Å²) in [5.74, 6) is -2.39. The fraction of sp³-hybridized carbons (Fsp3) is 0.400. The van der Waals surface area contributed by atoms with E-state index in [4.69, 9.17) is 56.6 Å². The Morgan fingerprint density at radius 2 is 1.25 bits per heavy atom. The average Bonchev–Trinajstić information content (AvgIpc) is 4.22. The topological polar surface area (TPSA) is 234 Å². The highest BCUT2D eigenvalue weighted by molar-refractivity contribution is 6.42. The standard InChI is InChI=1S/C55H57Cl4N13O7/c1-27-8-14-40(64-63-27)43(70-26-44(49(73)60-7)71-48(54(70)78)35-24-68(29(3)19-42(35)65-71)52(76)32-10-13-37(57)39(59)21-32)16-17-61-50(74)45-25-69(30(4)33-11-15-46(62-22-33)55(5,6)79)53(77)47-34-23-67(28(2)18-41(34)66-72(45)47)51(75)31-9-12-36(56)38(58)20-31/h8-15,20-22,28-30,43-45,79H,16-19,23-26H2,1-7H3,(H,60,73)(H,61,74)/t28-,29-,30?,43?,44+,45+/m1/s1. The minimum Gasteiger partial charge on any atom is -0.384 e. The lowest BCUT2D eigenvalue weighted by atomic mass is 9.96. The van der Waals surface area contributed by atoms with Crippen molar-refractivity contribution in [2.75, 3.05) is 26.7 Å². The molecule has 0 spiro atoms. The highest BCUT2D eigenvalue weighted by Gasteiger charge is 2.47. The Bertz CT molecular complexity index is 3450. The number of likely N-dealkylation sites (N-methyl/N-ethyl adjacent to an activating group) is 1. The van der Waals surface area contributed by atoms with Crippen LogP contribution in [0.2, 0.25) is 20.1 Å². The maximum absolute atomic E-state index is 15.2. The fourth-order valence-corrected chi connectivity index (χ4v) is 11.6. The molecule has 8 heterocycles. The number of benzene rings is 2. The van der Waals surface area contributed by atoms with Crippen molar-refractivity contribution in [3.8, 4) is 0 Å². The number of aromatic nitrogens is 7. The number of fused-ring (bicyclic) bond motifs is 6. The van der Waals surface area contributed by atoms with Crippen LogP contribution in [-0.4, -0.2) is 134 Å². The van der Waals surface area contributed by atoms with E-state index in [0.29, 0.717) is 72.8 Å². The summed E-state index contributed by atoms with van der Waals surface area (Å²) < 4.78 is 2.92. The summed E-state index contributed by atoms with van der Waals surface area (Å²) in [6.07, 6.45) is 2.29. The molecule has 0 aliphatic carbocycles. The van der Waals surface area contributed by atoms with Crippen molar-refractivity contribution in [1.29, 1.82) is 0 Å². The van der Waals surface area contributed by atoms with Crippen LogP contribution < -0.4 is 10.6 Å². The van der Waals surface area contributed by atoms with Gasteiger partial charge in [0.05, 0.1) is 86.8 Å². The van der Waals surface area contributed by atoms with Crippen molar-refractivity contribution in [2.45, 2.75) is 116 Å². The van der Waals surface area contributed by atoms with E-state index in [9.17, 15) is 29.1 Å². The number of pyridine rings is 1. The SMILES string of the molecule is CNC(=O)[C@@H]1CN(C(CCNC(=O)[C@@H]2CN(C(C)c3ccc(C(C)(C)O)nc3)C(=O)c3c4c(nn32)C[C@@H](C)N(C(=O)c2ccc(Cl)c(Cl)c2)C4)c2ccc(C)nn2)C(=O)c2c3c(nn21)C[C@@H](C)N(C(=O)c1ccc(Cl)c(Cl)c1)C3. The van der Waals surface area contributed by atoms with Crippen molar-refractivity contribution in [1.82, 2.24) is 65.0 Å². The van der Waals surface area contributed by atoms with Crippen LogP contribution in [-0.2, 0) is 41.1 Å². The van der Waals surface area contributed by atoms with Gasteiger partial charge in [-0.3, -0.25) is 33.8 Å². The molecule has 4 aromatic heterocycles. The Labute approximate surface area is 475 Å². The molecule has 24 heteroatoms. The van der Waals surface area contributed by atoms with Crippen molar-refractivity contribution < 1.29 is 33.9 Å². The van der Waals surface area contributed by atoms with E-state index < -0.39 is 53.4 Å². The van der Waals surface area contributed by atoms with Gasteiger partial charge in [-0.2, -0.15) is 20.4 Å². The zero-order valence-electron chi connectivity index (χ0n) is 44.3. The number of aryl methyl sites for hydroxylation is 1. The Morgan fingerprint density at radius 1 is 0.722 bits per heavy atom. The Hall–Kier alpha value is -6.97. The van der Waals surface area contributed by atoms with Gasteiger partial charge >= 0.3 is 0 Å². The summed E-state index contributed by atoms with van der Waals surface area (Å²) in [6.45, 7) is 10.4. The van der Waals surface area contributed by atoms with Gasteiger partial charge in [0.15, 0.2) is 0 Å². The number of carbonyl (C=O) groups is 6. The summed E-state index contributed by atoms with van der Waals surface area (Å²) in [5.41, 5.74) is 4.00. The molecule has 6 amide bonds. The second kappa shape index (κ2) is 21.6. The molecule has 6 aromatic rings. The minimum absolute atomic E-state index is 0.0154. The zero-order valence-corrected chi connectivity index (χ0v) is 47.3. The van der Waals surface area contributed by atoms with Crippen molar-refractivity contribution in [3.63, 3.8) is 0 Å². The molecule has 3 N–H and O–H groups in total. The van der Waals surface area contributed by atoms with Crippen LogP contribution in [0.3, 0.4) is 0 Å². The van der Waals surface area contributed by atoms with E-state index in [2.05, 4.69) is 25.8 Å². The molecule has 2 unspecified atom stereocenters. The smallest absolute Gasteiger partial charge is 0.273 e. The molecular weight excluding hydrogens is 1100 g/mol. The monoisotopic (exact) mass is 1150 g/mol. The second-order valence-corrected chi connectivity index (χ2v) is 22.8. The highest BCUT2D eigenvalue weighted by Crippen LogP contribution is 2.39. The molecular formula is C55H57Cl4N13O7. The van der Waals surface area contributed by atoms with Gasteiger partial charge in [-0.15, -0.1) is 0 Å². The van der Waals surface area contributed by atoms with Gasteiger partial charge in [0.25, 0.3) is 23.6 Å². The minimum atomic E-state index is -1.22. The van der Waals surface area contributed by atoms with Crippen LogP contribution in [0.1, 0.15) is 152 Å². The molecule has 0 fully saturated rings. The molecule has 6 atom stereocenters. The molecule has 0 bridgehead atoms. The Balaban J connectivity index is 0.962. The first-order valence-corrected chi connectivity index (χ1v) is 27.4. The van der Waals surface area contributed by atoms with E-state index in [1.165, 1.54) is 28.5 Å². The number of amides is 6. The van der Waals surface area contributed by atoms with E-state index in [1.807, 2.05) is 20.8 Å². The molecule has 2 aromatic carbocycles. The van der Waals surface area contributed by atoms with Crippen molar-refractivity contribution >= 4 is 81.8 Å². The lowest BCUT2D eigenvalue weighted by molar-refractivity contribution is -0.125. The number of hydrogen-bond acceptors (Lipinski definition) is 12. The largest absolute Gasteiger partial charge is 0.384 e. The van der Waals surface area contributed by atoms with Gasteiger partial charge in [0, 0.05) is 67.0 Å². The summed E-state index contributed by atoms with van der Waals surface area (Å²) in [7, 11) is 1.50. The predicted octanol–water partition coefficient (Wildman–Crippen LogP) is 7.04. The van der Waals surface area contributed by atoms with Gasteiger partial charge in [-0.1, -0.05) is 52.5 Å². The second-order valence-electron chi connectivity index (χ2n) is 21.1. The predicted molar refractivity (Wildman–Crippen MR) is 293 cm³/mol. The van der Waals surface area contributed by atoms with Crippen LogP contribution in [0.15, 0.2) is 66.9 Å². The summed E-state index contributed by atoms with van der Waals surface area (Å²) in [4.78, 5) is 98.3. The fourth-order valence-electron chi connectivity index (χ4n) is 11.0. The maximum Gasteiger partial charge on any atom is 0.273 e. The van der Waals surface area contributed by atoms with E-state index in [-0.39, 0.29) is 90.9 Å². The number of halogens is 4. The zero-order chi connectivity index (χ0) is 56.5. The number of nitrogens with zero attached hydrogens (tertiary/aromatic N) is 11. The van der Waals surface area contributed by atoms with Crippen LogP contribution in [0, 0.1) is 6.92 Å². The van der Waals surface area contributed by atoms with Gasteiger partial charge < -0.3 is 35.3 Å². The van der Waals surface area contributed by atoms with Gasteiger partial charge in [0.2, 0.25) is 11.8 Å². The molecule has 0 radical (unpaired) electrons. The van der Waals surface area contributed by atoms with Crippen molar-refractivity contribution in [2.24, 2.45) is 0 Å². The van der Waals surface area contributed by atoms with Crippen molar-refractivity contribution in [3.05, 3.63) is 155 Å². The number of nitrogens with one attached hydrogen (secondary N) is 2. The first-order chi connectivity index (χ1) is 37.5. The highest BCUT2D eigenvalue weighted by atomic mass is 35.5. The first-order valence-electron chi connectivity index (χ1n) is 25.9. The third-order valence-electron chi connectivity index (χ3n) is 15.5. The van der Waals surface area contributed by atoms with E-state index in [0.717, 1.165) is 0 Å². The quantitative estimate of drug-likeness (QED) is 0.112. The van der Waals surface area contributed by atoms with Crippen LogP contribution in [0.25, 0.3) is 0 Å². The Kier molecular flexibility index (Phi) is 15.1. The molecule has 0 saturated carbocycles. The molecule has 0 saturated heterocycles. The summed E-state index contributed by atoms with van der Waals surface area (Å²) in [6, 6.07) is 12.1. The lowest BCUT2D eigenvalue weighted by Gasteiger charge is -2.39. The molecule has 412 valence electrons. The number of rotatable bonds is 12. The third kappa shape index (κ3) is 10.3. The number of hydrogen-bond donors (Lipinski definition) is 3. The van der Waals surface area contributed by atoms with Crippen LogP contribution >= 0.6 is 46.4 Å². The summed E-state index contributed by atoms with van der Waals surface area (Å²) >= 11 is 25.1. The van der Waals surface area contributed by atoms with Gasteiger partial charge in [-0.05, 0) is 108 Å². The first kappa shape index (κ1) is 55.3. The third-order valence-corrected chi connectivity index (χ3v) is 16.9. The van der Waals surface area contributed by atoms with Crippen LogP contribution in [0.4, 0.5) is 0 Å². The normalized spacial score (nSPS) is 19.7. The molecule has 10 rings (SSSR count). The van der Waals surface area contributed by atoms with E-state index in [1.54, 1.807) is 95.1 Å². The van der Waals surface area contributed by atoms with Gasteiger partial charge in [0.1, 0.15) is 29.1 Å². The average molecular weight is 1150 g/mol. The number of aliphatic hydroxyl groups is 1. The molecule has 20 nitrogen and oxygen atoms in total. The molecule has 4 aliphatic heterocycles. The van der Waals surface area contributed by atoms with Crippen LogP contribution in [0.5, 0.6) is 0 Å². The van der Waals surface area contributed by atoms with Gasteiger partial charge in [-0.25, -0.2) is 9.36 Å². The van der Waals surface area contributed by atoms with E-state index >= 15 is 4.79 Å². The summed E-state index contributed by atoms with van der Waals surface area (Å²) in [5, 5.41) is 36.2. The lowest BCUT2D eigenvalue weighted by Crippen LogP contribution is -2.51. The molecule has 79 heavy (non-hydrogen) atoms. The Morgan fingerprint density at radius 3 is 1.73 bits per heavy atom. The maximum atomic E-state index is 15.2. The molecule has 4 aliphatic rings. The number of carbonyl (C=O) groups excluding carboxylic acids is 6.